The fourth-order valence-electron chi connectivity index (χ4n) is 0. The molecule has 0 atom stereocenters. The molecule has 0 aromatic heterocycles. The van der Waals surface area contributed by atoms with E-state index in [1.807, 2.05) is 0 Å². The Balaban J connectivity index is -0.0000000150. The van der Waals surface area contributed by atoms with Gasteiger partial charge in [0, 0.05) is 0 Å². The standard InChI is InChI=1S/CH3.Ce.4ClH.Mg/h1H3;;4*1H;/q-1;+3;;;;;+2/p-4. The molecule has 0 rings (SSSR count). The van der Waals surface area contributed by atoms with E-state index in [0.717, 1.165) is 0 Å². The molecule has 41 valence electrons. The number of rotatable bonds is 0. The van der Waals surface area contributed by atoms with Crippen LogP contribution in [0.25, 0.3) is 0 Å². The molecule has 0 amide bonds. The molecule has 7 heavy (non-hydrogen) atoms. The molecule has 0 nitrogen and oxygen atoms in total. The Labute approximate surface area is 88.1 Å². The first kappa shape index (κ1) is 22.4. The average molecular weight is 321 g/mol. The second-order valence-electron chi connectivity index (χ2n) is 0.214. The van der Waals surface area contributed by atoms with Gasteiger partial charge in [-0.25, -0.2) is 0 Å². The molecule has 6 heteroatoms. The molecule has 0 aromatic carbocycles. The van der Waals surface area contributed by atoms with E-state index in [2.05, 4.69) is 0 Å². The molecule has 0 heterocycles. The van der Waals surface area contributed by atoms with Crippen molar-refractivity contribution in [2.75, 3.05) is 0 Å². The van der Waals surface area contributed by atoms with E-state index in [0.29, 0.717) is 0 Å². The van der Waals surface area contributed by atoms with Crippen LogP contribution in [0.3, 0.4) is 0 Å². The molecule has 0 bridgehead atoms. The normalized spacial score (nSPS) is 3.86. The zero-order valence-electron chi connectivity index (χ0n) is 3.72. The van der Waals surface area contributed by atoms with Crippen molar-refractivity contribution in [3.05, 3.63) is 7.43 Å². The topological polar surface area (TPSA) is 0 Å². The Bertz CT molecular complexity index is 16.4. The maximum absolute atomic E-state index is 5.02. The minimum atomic E-state index is -2.24. The molecule has 0 aromatic rings. The maximum Gasteiger partial charge on any atom is 2.00 e. The fourth-order valence-corrected chi connectivity index (χ4v) is 0. The van der Waals surface area contributed by atoms with Gasteiger partial charge in [-0.05, 0) is 0 Å². The zero-order chi connectivity index (χ0) is 3.58. The average Bonchev–Trinajstić information content (AvgIpc) is 0.811. The third-order valence-corrected chi connectivity index (χ3v) is 0. The van der Waals surface area contributed by atoms with Crippen LogP contribution < -0.4 is 12.4 Å². The summed E-state index contributed by atoms with van der Waals surface area (Å²) in [7, 11) is 0. The molecule has 0 spiro atoms. The van der Waals surface area contributed by atoms with Gasteiger partial charge in [-0.1, -0.05) is 0 Å². The van der Waals surface area contributed by atoms with Crippen LogP contribution in [0, 0.1) is 38.1 Å². The van der Waals surface area contributed by atoms with Gasteiger partial charge >= 0.3 is 70.6 Å². The number of halogens is 4. The van der Waals surface area contributed by atoms with Crippen LogP contribution in [0.1, 0.15) is 0 Å². The first-order chi connectivity index (χ1) is 1.73. The van der Waals surface area contributed by atoms with E-state index >= 15 is 0 Å². The van der Waals surface area contributed by atoms with Crippen molar-refractivity contribution in [1.82, 2.24) is 0 Å². The Morgan fingerprint density at radius 2 is 1.00 bits per heavy atom. The second-order valence-corrected chi connectivity index (χ2v) is 14.0. The molecule has 0 aliphatic rings. The molecule has 0 N–H and O–H groups in total. The van der Waals surface area contributed by atoms with E-state index in [1.165, 1.54) is 0 Å². The monoisotopic (exact) mass is 319 g/mol. The fraction of sp³-hybridized carbons (Fsp3) is 0. The Morgan fingerprint density at radius 1 is 1.00 bits per heavy atom. The third-order valence-electron chi connectivity index (χ3n) is 0. The summed E-state index contributed by atoms with van der Waals surface area (Å²) < 4.78 is 0. The van der Waals surface area contributed by atoms with Crippen LogP contribution in [0.15, 0.2) is 0 Å². The van der Waals surface area contributed by atoms with Crippen molar-refractivity contribution in [1.29, 1.82) is 0 Å². The summed E-state index contributed by atoms with van der Waals surface area (Å²) in [5.41, 5.74) is 15.1. The van der Waals surface area contributed by atoms with Crippen LogP contribution in [0.2, 0.25) is 0 Å². The molecule has 0 fully saturated rings. The van der Waals surface area contributed by atoms with Crippen molar-refractivity contribution < 1.29 is 43.1 Å². The first-order valence-corrected chi connectivity index (χ1v) is 12.4. The Kier molecular flexibility index (Phi) is 51.8. The molecule has 0 radical (unpaired) electrons. The van der Waals surface area contributed by atoms with Gasteiger partial charge < -0.3 is 19.8 Å². The number of hydrogen-bond acceptors (Lipinski definition) is 0. The minimum absolute atomic E-state index is 0. The molecule has 0 aliphatic heterocycles. The molecule has 0 aliphatic carbocycles. The van der Waals surface area contributed by atoms with Gasteiger partial charge in [-0.2, -0.15) is 0 Å². The zero-order valence-corrected chi connectivity index (χ0v) is 11.3. The molecular formula is CH3CeCl4Mg. The summed E-state index contributed by atoms with van der Waals surface area (Å²) in [5, 5.41) is 0. The maximum atomic E-state index is 5.02. The summed E-state index contributed by atoms with van der Waals surface area (Å²) in [6.45, 7) is 0. The molecule has 0 saturated heterocycles. The minimum Gasteiger partial charge on any atom is 2.00 e. The second kappa shape index (κ2) is 16.1. The molecular weight excluding hydrogens is 318 g/mol. The van der Waals surface area contributed by atoms with Crippen molar-refractivity contribution in [3.63, 3.8) is 0 Å². The van der Waals surface area contributed by atoms with Crippen LogP contribution >= 0.6 is 16.9 Å². The summed E-state index contributed by atoms with van der Waals surface area (Å²) in [6, 6.07) is 0. The van der Waals surface area contributed by atoms with Crippen molar-refractivity contribution in [2.45, 2.75) is 0 Å². The van der Waals surface area contributed by atoms with Gasteiger partial charge in [-0.15, -0.1) is 0 Å². The van der Waals surface area contributed by atoms with Crippen molar-refractivity contribution in [2.24, 2.45) is 0 Å². The van der Waals surface area contributed by atoms with Crippen LogP contribution in [-0.4, -0.2) is 23.1 Å². The molecule has 0 saturated carbocycles. The van der Waals surface area contributed by atoms with Gasteiger partial charge in [0.1, 0.15) is 0 Å². The smallest absolute Gasteiger partial charge is 2.00 e. The summed E-state index contributed by atoms with van der Waals surface area (Å²) >= 11 is -2.24. The summed E-state index contributed by atoms with van der Waals surface area (Å²) in [5.74, 6) is 0. The van der Waals surface area contributed by atoms with Crippen molar-refractivity contribution >= 4 is 39.9 Å². The number of hydrogen-bond donors (Lipinski definition) is 0. The van der Waals surface area contributed by atoms with Gasteiger partial charge in [0.2, 0.25) is 0 Å². The Morgan fingerprint density at radius 3 is 1.00 bits per heavy atom. The quantitative estimate of drug-likeness (QED) is 0.402. The van der Waals surface area contributed by atoms with E-state index in [9.17, 15) is 0 Å². The third kappa shape index (κ3) is 45.5. The summed E-state index contributed by atoms with van der Waals surface area (Å²) in [4.78, 5) is 0. The van der Waals surface area contributed by atoms with Crippen molar-refractivity contribution in [3.8, 4) is 0 Å². The van der Waals surface area contributed by atoms with Gasteiger partial charge in [0.25, 0.3) is 0 Å². The van der Waals surface area contributed by atoms with Gasteiger partial charge in [-0.3, -0.25) is 0 Å². The summed E-state index contributed by atoms with van der Waals surface area (Å²) in [6.07, 6.45) is 0. The van der Waals surface area contributed by atoms with Crippen LogP contribution in [0.4, 0.5) is 0 Å². The van der Waals surface area contributed by atoms with Crippen LogP contribution in [0.5, 0.6) is 0 Å². The Hall–Kier alpha value is 3.30. The van der Waals surface area contributed by atoms with E-state index in [4.69, 9.17) is 16.9 Å². The molecule has 0 unspecified atom stereocenters. The SMILES string of the molecule is [CH3-].[Cl-].[Cl][Ce]([Cl])[Cl].[Mg+2]. The first-order valence-electron chi connectivity index (χ1n) is 0.567. The van der Waals surface area contributed by atoms with E-state index in [-0.39, 0.29) is 42.9 Å². The predicted molar refractivity (Wildman–Crippen MR) is 29.7 cm³/mol. The van der Waals surface area contributed by atoms with Crippen LogP contribution in [-0.2, 0) is 0 Å². The van der Waals surface area contributed by atoms with Gasteiger partial charge in [0.15, 0.2) is 0 Å². The van der Waals surface area contributed by atoms with Gasteiger partial charge in [0.05, 0.1) is 0 Å². The predicted octanol–water partition coefficient (Wildman–Crippen LogP) is -0.858. The van der Waals surface area contributed by atoms with E-state index in [1.54, 1.807) is 0 Å². The largest absolute Gasteiger partial charge is 2.00 e. The van der Waals surface area contributed by atoms with E-state index < -0.39 is 30.7 Å².